The van der Waals surface area contributed by atoms with Gasteiger partial charge in [0.2, 0.25) is 0 Å². The van der Waals surface area contributed by atoms with Gasteiger partial charge in [-0.25, -0.2) is 4.79 Å². The van der Waals surface area contributed by atoms with Crippen molar-refractivity contribution in [2.75, 3.05) is 0 Å². The maximum atomic E-state index is 12.1. The molecule has 0 heterocycles. The Hall–Kier alpha value is -3.72. The fourth-order valence-corrected chi connectivity index (χ4v) is 2.40. The van der Waals surface area contributed by atoms with Crippen LogP contribution in [0.4, 0.5) is 0 Å². The highest BCUT2D eigenvalue weighted by atomic mass is 16.5. The van der Waals surface area contributed by atoms with Gasteiger partial charge in [-0.1, -0.05) is 78.9 Å². The molecule has 0 N–H and O–H groups in total. The van der Waals surface area contributed by atoms with Crippen LogP contribution in [0.1, 0.15) is 21.5 Å². The van der Waals surface area contributed by atoms with Crippen molar-refractivity contribution in [3.63, 3.8) is 0 Å². The van der Waals surface area contributed by atoms with E-state index in [9.17, 15) is 9.59 Å². The summed E-state index contributed by atoms with van der Waals surface area (Å²) in [5.41, 5.74) is 2.42. The van der Waals surface area contributed by atoms with Gasteiger partial charge in [-0.3, -0.25) is 4.79 Å². The van der Waals surface area contributed by atoms with Gasteiger partial charge in [-0.15, -0.1) is 0 Å². The molecular formula is C24H18O3. The zero-order chi connectivity index (χ0) is 18.9. The molecule has 0 atom stereocenters. The van der Waals surface area contributed by atoms with E-state index < -0.39 is 5.97 Å². The predicted molar refractivity (Wildman–Crippen MR) is 107 cm³/mol. The average molecular weight is 354 g/mol. The van der Waals surface area contributed by atoms with Crippen LogP contribution in [0.3, 0.4) is 0 Å². The van der Waals surface area contributed by atoms with Crippen LogP contribution in [0.2, 0.25) is 0 Å². The van der Waals surface area contributed by atoms with Crippen molar-refractivity contribution < 1.29 is 14.3 Å². The van der Waals surface area contributed by atoms with E-state index in [1.807, 2.05) is 48.5 Å². The van der Waals surface area contributed by atoms with Gasteiger partial charge < -0.3 is 4.74 Å². The highest BCUT2D eigenvalue weighted by Crippen LogP contribution is 2.14. The van der Waals surface area contributed by atoms with Gasteiger partial charge in [-0.2, -0.15) is 0 Å². The first-order chi connectivity index (χ1) is 13.2. The van der Waals surface area contributed by atoms with Crippen LogP contribution in [-0.4, -0.2) is 11.8 Å². The van der Waals surface area contributed by atoms with Crippen molar-refractivity contribution >= 4 is 23.9 Å². The first-order valence-electron chi connectivity index (χ1n) is 8.53. The Kier molecular flexibility index (Phi) is 6.10. The summed E-state index contributed by atoms with van der Waals surface area (Å²) in [5, 5.41) is 0. The van der Waals surface area contributed by atoms with E-state index in [2.05, 4.69) is 0 Å². The molecule has 0 aliphatic rings. The number of ether oxygens (including phenoxy) is 1. The standard InChI is InChI=1S/C24H18O3/c25-23(21-9-5-2-6-10-21)17-13-20-11-15-22(16-12-20)27-24(26)18-14-19-7-3-1-4-8-19/h1-18H/b17-13+,18-14?. The molecular weight excluding hydrogens is 336 g/mol. The van der Waals surface area contributed by atoms with Crippen LogP contribution in [0.5, 0.6) is 5.75 Å². The second-order valence-electron chi connectivity index (χ2n) is 5.80. The van der Waals surface area contributed by atoms with E-state index in [1.54, 1.807) is 48.6 Å². The smallest absolute Gasteiger partial charge is 0.336 e. The van der Waals surface area contributed by atoms with Crippen LogP contribution in [0.15, 0.2) is 97.1 Å². The molecule has 0 aromatic heterocycles. The van der Waals surface area contributed by atoms with E-state index in [4.69, 9.17) is 4.74 Å². The highest BCUT2D eigenvalue weighted by Gasteiger charge is 2.02. The first-order valence-corrected chi connectivity index (χ1v) is 8.53. The van der Waals surface area contributed by atoms with Gasteiger partial charge in [0.05, 0.1) is 0 Å². The molecule has 0 unspecified atom stereocenters. The summed E-state index contributed by atoms with van der Waals surface area (Å²) >= 11 is 0. The van der Waals surface area contributed by atoms with Crippen molar-refractivity contribution in [2.24, 2.45) is 0 Å². The summed E-state index contributed by atoms with van der Waals surface area (Å²) in [6.45, 7) is 0. The Labute approximate surface area is 158 Å². The molecule has 27 heavy (non-hydrogen) atoms. The fraction of sp³-hybridized carbons (Fsp3) is 0. The number of carbonyl (C=O) groups is 2. The van der Waals surface area contributed by atoms with Gasteiger partial charge >= 0.3 is 5.97 Å². The van der Waals surface area contributed by atoms with E-state index in [1.165, 1.54) is 12.2 Å². The lowest BCUT2D eigenvalue weighted by Crippen LogP contribution is -2.03. The quantitative estimate of drug-likeness (QED) is 0.264. The topological polar surface area (TPSA) is 43.4 Å². The van der Waals surface area contributed by atoms with Crippen molar-refractivity contribution in [2.45, 2.75) is 0 Å². The second-order valence-corrected chi connectivity index (χ2v) is 5.80. The fourth-order valence-electron chi connectivity index (χ4n) is 2.40. The van der Waals surface area contributed by atoms with E-state index in [0.717, 1.165) is 11.1 Å². The number of benzene rings is 3. The van der Waals surface area contributed by atoms with Crippen LogP contribution >= 0.6 is 0 Å². The lowest BCUT2D eigenvalue weighted by atomic mass is 10.1. The largest absolute Gasteiger partial charge is 0.423 e. The number of esters is 1. The molecule has 3 aromatic carbocycles. The predicted octanol–water partition coefficient (Wildman–Crippen LogP) is 5.20. The van der Waals surface area contributed by atoms with Crippen molar-refractivity contribution in [3.05, 3.63) is 114 Å². The molecule has 3 aromatic rings. The molecule has 0 fully saturated rings. The van der Waals surface area contributed by atoms with Crippen LogP contribution < -0.4 is 4.74 Å². The van der Waals surface area contributed by atoms with Crippen LogP contribution in [0.25, 0.3) is 12.2 Å². The lowest BCUT2D eigenvalue weighted by Gasteiger charge is -2.02. The lowest BCUT2D eigenvalue weighted by molar-refractivity contribution is -0.128. The van der Waals surface area contributed by atoms with Gasteiger partial charge in [0.15, 0.2) is 5.78 Å². The Balaban J connectivity index is 1.57. The molecule has 0 radical (unpaired) electrons. The van der Waals surface area contributed by atoms with Gasteiger partial charge in [0.25, 0.3) is 0 Å². The maximum absolute atomic E-state index is 12.1. The minimum atomic E-state index is -0.443. The van der Waals surface area contributed by atoms with Crippen LogP contribution in [0, 0.1) is 0 Å². The molecule has 132 valence electrons. The summed E-state index contributed by atoms with van der Waals surface area (Å²) in [7, 11) is 0. The summed E-state index contributed by atoms with van der Waals surface area (Å²) in [4.78, 5) is 23.9. The molecule has 0 spiro atoms. The molecule has 0 amide bonds. The monoisotopic (exact) mass is 354 g/mol. The SMILES string of the molecule is O=C(C=Cc1ccccc1)Oc1ccc(/C=C/C(=O)c2ccccc2)cc1. The van der Waals surface area contributed by atoms with E-state index >= 15 is 0 Å². The van der Waals surface area contributed by atoms with E-state index in [-0.39, 0.29) is 5.78 Å². The summed E-state index contributed by atoms with van der Waals surface area (Å²) in [6, 6.07) is 25.6. The normalized spacial score (nSPS) is 11.0. The van der Waals surface area contributed by atoms with E-state index in [0.29, 0.717) is 11.3 Å². The highest BCUT2D eigenvalue weighted by molar-refractivity contribution is 6.06. The third-order valence-corrected chi connectivity index (χ3v) is 3.80. The molecule has 3 rings (SSSR count). The Morgan fingerprint density at radius 3 is 1.85 bits per heavy atom. The summed E-state index contributed by atoms with van der Waals surface area (Å²) < 4.78 is 5.27. The number of hydrogen-bond donors (Lipinski definition) is 0. The summed E-state index contributed by atoms with van der Waals surface area (Å²) in [5.74, 6) is -0.0530. The Morgan fingerprint density at radius 2 is 1.19 bits per heavy atom. The molecule has 0 saturated heterocycles. The Bertz CT molecular complexity index is 954. The molecule has 0 bridgehead atoms. The number of carbonyl (C=O) groups excluding carboxylic acids is 2. The van der Waals surface area contributed by atoms with Gasteiger partial charge in [0, 0.05) is 11.6 Å². The number of rotatable bonds is 6. The third kappa shape index (κ3) is 5.65. The minimum Gasteiger partial charge on any atom is -0.423 e. The number of ketones is 1. The molecule has 3 nitrogen and oxygen atoms in total. The van der Waals surface area contributed by atoms with Crippen molar-refractivity contribution in [1.29, 1.82) is 0 Å². The van der Waals surface area contributed by atoms with Gasteiger partial charge in [0.1, 0.15) is 5.75 Å². The first kappa shape index (κ1) is 18.1. The Morgan fingerprint density at radius 1 is 0.630 bits per heavy atom. The molecule has 3 heteroatoms. The summed E-state index contributed by atoms with van der Waals surface area (Å²) in [6.07, 6.45) is 6.35. The minimum absolute atomic E-state index is 0.0582. The third-order valence-electron chi connectivity index (χ3n) is 3.80. The second kappa shape index (κ2) is 9.11. The maximum Gasteiger partial charge on any atom is 0.336 e. The zero-order valence-electron chi connectivity index (χ0n) is 14.6. The van der Waals surface area contributed by atoms with Crippen molar-refractivity contribution in [1.82, 2.24) is 0 Å². The number of hydrogen-bond acceptors (Lipinski definition) is 3. The van der Waals surface area contributed by atoms with Crippen molar-refractivity contribution in [3.8, 4) is 5.75 Å². The number of allylic oxidation sites excluding steroid dienone is 1. The molecule has 0 aliphatic carbocycles. The van der Waals surface area contributed by atoms with Crippen LogP contribution in [-0.2, 0) is 4.79 Å². The zero-order valence-corrected chi connectivity index (χ0v) is 14.6. The molecule has 0 aliphatic heterocycles. The van der Waals surface area contributed by atoms with Gasteiger partial charge in [-0.05, 0) is 35.4 Å². The molecule has 0 saturated carbocycles. The average Bonchev–Trinajstić information content (AvgIpc) is 2.73.